The Labute approximate surface area is 183 Å². The molecule has 11 heteroatoms. The minimum atomic E-state index is -4.83. The number of nitrogens with one attached hydrogen (secondary N) is 1. The summed E-state index contributed by atoms with van der Waals surface area (Å²) in [7, 11) is -2.76. The Morgan fingerprint density at radius 3 is 2.41 bits per heavy atom. The molecule has 32 heavy (non-hydrogen) atoms. The molecule has 2 aromatic carbocycles. The van der Waals surface area contributed by atoms with Gasteiger partial charge >= 0.3 is 6.18 Å². The molecule has 3 rings (SSSR count). The number of ether oxygens (including phenoxy) is 1. The molecule has 7 nitrogen and oxygen atoms in total. The van der Waals surface area contributed by atoms with Crippen LogP contribution in [0.2, 0.25) is 0 Å². The van der Waals surface area contributed by atoms with Gasteiger partial charge in [-0.25, -0.2) is 8.42 Å². The maximum atomic E-state index is 14.1. The van der Waals surface area contributed by atoms with Gasteiger partial charge in [-0.3, -0.25) is 9.40 Å². The minimum absolute atomic E-state index is 0.0106. The molecule has 0 radical (unpaired) electrons. The molecule has 0 unspecified atom stereocenters. The Morgan fingerprint density at radius 1 is 1.16 bits per heavy atom. The fraction of sp³-hybridized carbons (Fsp3) is 0.286. The number of aromatic nitrogens is 2. The largest absolute Gasteiger partial charge is 0.496 e. The van der Waals surface area contributed by atoms with E-state index in [4.69, 9.17) is 9.84 Å². The van der Waals surface area contributed by atoms with Gasteiger partial charge in [-0.2, -0.15) is 18.3 Å². The second-order valence-corrected chi connectivity index (χ2v) is 8.66. The summed E-state index contributed by atoms with van der Waals surface area (Å²) in [6.07, 6.45) is -4.82. The van der Waals surface area contributed by atoms with Crippen LogP contribution in [0.15, 0.2) is 53.4 Å². The fourth-order valence-corrected chi connectivity index (χ4v) is 4.33. The Balaban J connectivity index is 2.24. The van der Waals surface area contributed by atoms with Crippen molar-refractivity contribution in [2.45, 2.75) is 31.0 Å². The van der Waals surface area contributed by atoms with Crippen LogP contribution in [0.1, 0.15) is 17.7 Å². The number of hydrogen-bond donors (Lipinski definition) is 2. The van der Waals surface area contributed by atoms with E-state index in [0.717, 1.165) is 0 Å². The van der Waals surface area contributed by atoms with Crippen molar-refractivity contribution in [1.82, 2.24) is 9.78 Å². The predicted octanol–water partition coefficient (Wildman–Crippen LogP) is 4.07. The first kappa shape index (κ1) is 23.6. The number of alkyl halides is 3. The summed E-state index contributed by atoms with van der Waals surface area (Å²) in [5.74, 6) is 0.0186. The summed E-state index contributed by atoms with van der Waals surface area (Å²) < 4.78 is 76.1. The number of aliphatic hydroxyl groups excluding tert-OH is 1. The van der Waals surface area contributed by atoms with E-state index < -0.39 is 33.3 Å². The van der Waals surface area contributed by atoms with E-state index >= 15 is 0 Å². The van der Waals surface area contributed by atoms with E-state index in [1.54, 1.807) is 13.0 Å². The van der Waals surface area contributed by atoms with Gasteiger partial charge in [0.2, 0.25) is 0 Å². The molecule has 0 bridgehead atoms. The molecule has 0 aliphatic carbocycles. The highest BCUT2D eigenvalue weighted by Gasteiger charge is 2.41. The topological polar surface area (TPSA) is 93.5 Å². The predicted molar refractivity (Wildman–Crippen MR) is 113 cm³/mol. The van der Waals surface area contributed by atoms with Crippen LogP contribution in [0.3, 0.4) is 0 Å². The van der Waals surface area contributed by atoms with Gasteiger partial charge in [-0.15, -0.1) is 0 Å². The summed E-state index contributed by atoms with van der Waals surface area (Å²) in [4.78, 5) is -0.115. The number of nitrogens with zero attached hydrogens (tertiary/aromatic N) is 2. The molecule has 1 heterocycles. The zero-order valence-corrected chi connectivity index (χ0v) is 18.2. The third-order valence-electron chi connectivity index (χ3n) is 4.72. The van der Waals surface area contributed by atoms with Crippen molar-refractivity contribution in [2.24, 2.45) is 0 Å². The Kier molecular flexibility index (Phi) is 6.79. The van der Waals surface area contributed by atoms with E-state index in [1.165, 1.54) is 49.6 Å². The Bertz CT molecular complexity index is 1190. The van der Waals surface area contributed by atoms with Gasteiger partial charge in [0, 0.05) is 13.2 Å². The van der Waals surface area contributed by atoms with Crippen molar-refractivity contribution in [2.75, 3.05) is 18.4 Å². The standard InChI is InChI=1S/C21H22F3N3O4S/c1-14-13-15(9-10-17(14)31-2)18-19(21(22,23)24)27(11-6-12-28)25-20(18)26-32(29,30)16-7-4-3-5-8-16/h3-5,7-10,13,28H,6,11-12H2,1-2H3,(H,25,26). The van der Waals surface area contributed by atoms with Crippen LogP contribution in [-0.4, -0.2) is 37.0 Å². The van der Waals surface area contributed by atoms with Crippen molar-refractivity contribution < 1.29 is 31.4 Å². The first-order chi connectivity index (χ1) is 15.1. The normalized spacial score (nSPS) is 12.1. The van der Waals surface area contributed by atoms with Crippen molar-refractivity contribution in [1.29, 1.82) is 0 Å². The summed E-state index contributed by atoms with van der Waals surface area (Å²) in [6.45, 7) is 1.07. The van der Waals surface area contributed by atoms with Crippen molar-refractivity contribution in [3.8, 4) is 16.9 Å². The molecular formula is C21H22F3N3O4S. The molecule has 3 aromatic rings. The van der Waals surface area contributed by atoms with Gasteiger partial charge in [-0.1, -0.05) is 24.3 Å². The van der Waals surface area contributed by atoms with Crippen molar-refractivity contribution >= 4 is 15.8 Å². The van der Waals surface area contributed by atoms with Crippen LogP contribution >= 0.6 is 0 Å². The number of anilines is 1. The molecule has 1 aromatic heterocycles. The number of aryl methyl sites for hydroxylation is 2. The van der Waals surface area contributed by atoms with E-state index in [9.17, 15) is 21.6 Å². The molecule has 0 amide bonds. The van der Waals surface area contributed by atoms with E-state index in [1.807, 2.05) is 0 Å². The molecule has 0 saturated carbocycles. The number of benzene rings is 2. The summed E-state index contributed by atoms with van der Waals surface area (Å²) in [6, 6.07) is 11.7. The van der Waals surface area contributed by atoms with Gasteiger partial charge in [-0.05, 0) is 48.7 Å². The zero-order valence-electron chi connectivity index (χ0n) is 17.3. The monoisotopic (exact) mass is 469 g/mol. The summed E-state index contributed by atoms with van der Waals surface area (Å²) in [5.41, 5.74) is -0.822. The highest BCUT2D eigenvalue weighted by Crippen LogP contribution is 2.43. The van der Waals surface area contributed by atoms with Gasteiger partial charge in [0.05, 0.1) is 17.6 Å². The average molecular weight is 469 g/mol. The van der Waals surface area contributed by atoms with Crippen molar-refractivity contribution in [3.05, 3.63) is 59.8 Å². The van der Waals surface area contributed by atoms with Gasteiger partial charge in [0.15, 0.2) is 11.5 Å². The Morgan fingerprint density at radius 2 is 1.84 bits per heavy atom. The quantitative estimate of drug-likeness (QED) is 0.519. The SMILES string of the molecule is COc1ccc(-c2c(NS(=O)(=O)c3ccccc3)nn(CCCO)c2C(F)(F)F)cc1C. The molecule has 0 aliphatic rings. The van der Waals surface area contributed by atoms with E-state index in [2.05, 4.69) is 9.82 Å². The molecule has 0 spiro atoms. The van der Waals surface area contributed by atoms with E-state index in [0.29, 0.717) is 16.0 Å². The number of aliphatic hydroxyl groups is 1. The maximum Gasteiger partial charge on any atom is 0.433 e. The lowest BCUT2D eigenvalue weighted by Gasteiger charge is -2.14. The average Bonchev–Trinajstić information content (AvgIpc) is 3.10. The zero-order chi connectivity index (χ0) is 23.5. The lowest BCUT2D eigenvalue weighted by atomic mass is 10.0. The molecule has 0 saturated heterocycles. The summed E-state index contributed by atoms with van der Waals surface area (Å²) >= 11 is 0. The van der Waals surface area contributed by atoms with Gasteiger partial charge in [0.25, 0.3) is 10.0 Å². The van der Waals surface area contributed by atoms with Crippen LogP contribution in [0.25, 0.3) is 11.1 Å². The first-order valence-electron chi connectivity index (χ1n) is 9.60. The highest BCUT2D eigenvalue weighted by atomic mass is 32.2. The molecule has 172 valence electrons. The van der Waals surface area contributed by atoms with Crippen LogP contribution in [0.5, 0.6) is 5.75 Å². The lowest BCUT2D eigenvalue weighted by molar-refractivity contribution is -0.143. The third kappa shape index (κ3) is 4.89. The number of sulfonamides is 1. The smallest absolute Gasteiger partial charge is 0.433 e. The third-order valence-corrected chi connectivity index (χ3v) is 6.07. The maximum absolute atomic E-state index is 14.1. The Hall–Kier alpha value is -3.05. The number of rotatable bonds is 8. The van der Waals surface area contributed by atoms with Crippen LogP contribution in [0.4, 0.5) is 19.0 Å². The lowest BCUT2D eigenvalue weighted by Crippen LogP contribution is -2.16. The first-order valence-corrected chi connectivity index (χ1v) is 11.1. The number of hydrogen-bond acceptors (Lipinski definition) is 5. The van der Waals surface area contributed by atoms with Crippen LogP contribution < -0.4 is 9.46 Å². The van der Waals surface area contributed by atoms with Gasteiger partial charge < -0.3 is 9.84 Å². The highest BCUT2D eigenvalue weighted by molar-refractivity contribution is 7.92. The van der Waals surface area contributed by atoms with Crippen LogP contribution in [0, 0.1) is 6.92 Å². The second-order valence-electron chi connectivity index (χ2n) is 6.97. The second kappa shape index (κ2) is 9.21. The molecule has 0 atom stereocenters. The molecule has 2 N–H and O–H groups in total. The van der Waals surface area contributed by atoms with E-state index in [-0.39, 0.29) is 30.0 Å². The molecule has 0 fully saturated rings. The number of methoxy groups -OCH3 is 1. The minimum Gasteiger partial charge on any atom is -0.496 e. The fourth-order valence-electron chi connectivity index (χ4n) is 3.30. The molecular weight excluding hydrogens is 447 g/mol. The van der Waals surface area contributed by atoms with Crippen LogP contribution in [-0.2, 0) is 22.7 Å². The molecule has 0 aliphatic heterocycles. The van der Waals surface area contributed by atoms with Crippen molar-refractivity contribution in [3.63, 3.8) is 0 Å². The van der Waals surface area contributed by atoms with Gasteiger partial charge in [0.1, 0.15) is 5.75 Å². The summed E-state index contributed by atoms with van der Waals surface area (Å²) in [5, 5.41) is 13.0. The number of halogens is 3.